The zero-order valence-electron chi connectivity index (χ0n) is 24.8. The van der Waals surface area contributed by atoms with Crippen LogP contribution in [0.1, 0.15) is 0 Å². The van der Waals surface area contributed by atoms with Gasteiger partial charge in [0, 0.05) is 90.6 Å². The second kappa shape index (κ2) is 22.5. The van der Waals surface area contributed by atoms with Crippen molar-refractivity contribution >= 4 is 94.4 Å². The highest BCUT2D eigenvalue weighted by Gasteiger charge is 2.25. The van der Waals surface area contributed by atoms with Gasteiger partial charge in [-0.2, -0.15) is 47.0 Å². The molecule has 0 aromatic heterocycles. The first-order chi connectivity index (χ1) is 22.3. The molecule has 1 saturated heterocycles. The fourth-order valence-electron chi connectivity index (χ4n) is 3.85. The smallest absolute Gasteiger partial charge is 0.331 e. The molecule has 0 amide bonds. The molecule has 2 aromatic carbocycles. The molecule has 0 bridgehead atoms. The highest BCUT2D eigenvalue weighted by Crippen LogP contribution is 2.35. The molecular formula is C32H36O8S6. The number of carbonyl (C=O) groups is 4. The maximum atomic E-state index is 12.2. The van der Waals surface area contributed by atoms with Gasteiger partial charge in [0.2, 0.25) is 0 Å². The second-order valence-corrected chi connectivity index (χ2v) is 16.7. The number of carbonyl (C=O) groups excluding carboxylic acids is 2. The first-order valence-corrected chi connectivity index (χ1v) is 20.6. The van der Waals surface area contributed by atoms with Crippen LogP contribution in [0.25, 0.3) is 0 Å². The number of thioether (sulfide) groups is 6. The van der Waals surface area contributed by atoms with E-state index >= 15 is 0 Å². The van der Waals surface area contributed by atoms with Gasteiger partial charge in [-0.1, -0.05) is 36.4 Å². The first kappa shape index (κ1) is 38.3. The summed E-state index contributed by atoms with van der Waals surface area (Å²) in [5.41, 5.74) is 0. The molecule has 0 aliphatic carbocycles. The third-order valence-corrected chi connectivity index (χ3v) is 14.2. The molecule has 4 atom stereocenters. The van der Waals surface area contributed by atoms with Crippen molar-refractivity contribution in [3.05, 3.63) is 85.0 Å². The van der Waals surface area contributed by atoms with Crippen molar-refractivity contribution in [2.24, 2.45) is 0 Å². The van der Waals surface area contributed by atoms with E-state index in [4.69, 9.17) is 19.7 Å². The van der Waals surface area contributed by atoms with Gasteiger partial charge in [-0.25, -0.2) is 19.2 Å². The lowest BCUT2D eigenvalue weighted by molar-refractivity contribution is -0.142. The minimum absolute atomic E-state index is 0.368. The van der Waals surface area contributed by atoms with Crippen LogP contribution < -0.4 is 0 Å². The number of carboxylic acids is 2. The molecular weight excluding hydrogens is 705 g/mol. The number of rotatable bonds is 20. The fourth-order valence-corrected chi connectivity index (χ4v) is 12.1. The minimum atomic E-state index is -1.20. The molecule has 1 aliphatic rings. The summed E-state index contributed by atoms with van der Waals surface area (Å²) in [6, 6.07) is 19.7. The normalized spacial score (nSPS) is 17.8. The summed E-state index contributed by atoms with van der Waals surface area (Å²) >= 11 is 10.6. The lowest BCUT2D eigenvalue weighted by atomic mass is 10.4. The molecule has 1 heterocycles. The summed E-state index contributed by atoms with van der Waals surface area (Å²) in [5, 5.41) is 18.5. The van der Waals surface area contributed by atoms with Gasteiger partial charge in [0.1, 0.15) is 12.2 Å². The average Bonchev–Trinajstić information content (AvgIpc) is 3.05. The molecule has 2 aromatic rings. The van der Waals surface area contributed by atoms with Crippen LogP contribution in [0, 0.1) is 0 Å². The predicted molar refractivity (Wildman–Crippen MR) is 195 cm³/mol. The summed E-state index contributed by atoms with van der Waals surface area (Å²) in [4.78, 5) is 48.1. The number of hydrogen-bond acceptors (Lipinski definition) is 12. The van der Waals surface area contributed by atoms with E-state index in [1.165, 1.54) is 0 Å². The van der Waals surface area contributed by atoms with Gasteiger partial charge in [0.15, 0.2) is 0 Å². The fraction of sp³-hybridized carbons (Fsp3) is 0.375. The third kappa shape index (κ3) is 17.2. The van der Waals surface area contributed by atoms with E-state index in [2.05, 4.69) is 0 Å². The van der Waals surface area contributed by atoms with Crippen molar-refractivity contribution in [1.82, 2.24) is 0 Å². The molecule has 14 heteroatoms. The van der Waals surface area contributed by atoms with Crippen LogP contribution >= 0.6 is 70.6 Å². The first-order valence-electron chi connectivity index (χ1n) is 14.2. The Kier molecular flexibility index (Phi) is 18.7. The molecule has 46 heavy (non-hydrogen) atoms. The number of hydrogen-bond donors (Lipinski definition) is 2. The standard InChI is InChI=1S/C32H36O8S6/c33-29(34)11-13-31(37)39-23(17-44-25-7-3-1-4-8-25)15-41-19-27-21-43-22-28(46-27)20-42-16-24(40-32(38)14-12-30(35)36)18-45-26-9-5-2-6-10-26/h1-14,23-24,27-28H,15-22H2,(H,33,34)(H,35,36). The predicted octanol–water partition coefficient (Wildman–Crippen LogP) is 6.36. The Bertz CT molecular complexity index is 1200. The van der Waals surface area contributed by atoms with Crippen LogP contribution in [0.4, 0.5) is 0 Å². The van der Waals surface area contributed by atoms with Crippen LogP contribution in [0.2, 0.25) is 0 Å². The van der Waals surface area contributed by atoms with E-state index in [0.717, 1.165) is 57.1 Å². The zero-order chi connectivity index (χ0) is 33.0. The Hall–Kier alpha value is -2.10. The van der Waals surface area contributed by atoms with Gasteiger partial charge in [0.25, 0.3) is 0 Å². The molecule has 0 spiro atoms. The van der Waals surface area contributed by atoms with E-state index in [9.17, 15) is 19.2 Å². The van der Waals surface area contributed by atoms with Gasteiger partial charge in [0.05, 0.1) is 0 Å². The van der Waals surface area contributed by atoms with E-state index in [-0.39, 0.29) is 12.2 Å². The second-order valence-electron chi connectivity index (χ2n) is 9.70. The molecule has 248 valence electrons. The van der Waals surface area contributed by atoms with Crippen molar-refractivity contribution < 1.29 is 38.9 Å². The minimum Gasteiger partial charge on any atom is -0.478 e. The molecule has 0 radical (unpaired) electrons. The lowest BCUT2D eigenvalue weighted by Crippen LogP contribution is -2.28. The molecule has 1 fully saturated rings. The van der Waals surface area contributed by atoms with Gasteiger partial charge in [-0.3, -0.25) is 0 Å². The maximum Gasteiger partial charge on any atom is 0.331 e. The van der Waals surface area contributed by atoms with Crippen LogP contribution in [0.5, 0.6) is 0 Å². The molecule has 0 saturated carbocycles. The summed E-state index contributed by atoms with van der Waals surface area (Å²) in [7, 11) is 0. The molecule has 3 rings (SSSR count). The summed E-state index contributed by atoms with van der Waals surface area (Å²) < 4.78 is 11.2. The SMILES string of the molecule is O=C(O)C=CC(=O)OC(CSCC1CSCC(CSCC(CSc2ccccc2)OC(=O)C=CC(=O)O)S1)CSc1ccccc1. The summed E-state index contributed by atoms with van der Waals surface area (Å²) in [6.45, 7) is 0. The molecule has 1 aliphatic heterocycles. The van der Waals surface area contributed by atoms with Crippen molar-refractivity contribution in [3.8, 4) is 0 Å². The van der Waals surface area contributed by atoms with Crippen molar-refractivity contribution in [2.75, 3.05) is 46.0 Å². The Morgan fingerprint density at radius 3 is 1.48 bits per heavy atom. The Morgan fingerprint density at radius 1 is 0.674 bits per heavy atom. The monoisotopic (exact) mass is 740 g/mol. The highest BCUT2D eigenvalue weighted by atomic mass is 32.2. The summed E-state index contributed by atoms with van der Waals surface area (Å²) in [5.74, 6) is 2.50. The van der Waals surface area contributed by atoms with Crippen molar-refractivity contribution in [3.63, 3.8) is 0 Å². The molecule has 2 N–H and O–H groups in total. The van der Waals surface area contributed by atoms with Crippen molar-refractivity contribution in [2.45, 2.75) is 32.5 Å². The highest BCUT2D eigenvalue weighted by molar-refractivity contribution is 8.09. The number of benzene rings is 2. The Morgan fingerprint density at radius 2 is 1.09 bits per heavy atom. The molecule has 8 nitrogen and oxygen atoms in total. The van der Waals surface area contributed by atoms with Crippen LogP contribution in [-0.4, -0.2) is 103 Å². The van der Waals surface area contributed by atoms with E-state index in [1.54, 1.807) is 47.0 Å². The summed E-state index contributed by atoms with van der Waals surface area (Å²) in [6.07, 6.45) is 2.73. The topological polar surface area (TPSA) is 127 Å². The Balaban J connectivity index is 1.45. The van der Waals surface area contributed by atoms with E-state index in [0.29, 0.717) is 33.5 Å². The van der Waals surface area contributed by atoms with Crippen LogP contribution in [0.3, 0.4) is 0 Å². The lowest BCUT2D eigenvalue weighted by Gasteiger charge is -2.29. The zero-order valence-corrected chi connectivity index (χ0v) is 29.7. The number of ether oxygens (including phenoxy) is 2. The van der Waals surface area contributed by atoms with Gasteiger partial charge in [-0.15, -0.1) is 23.5 Å². The van der Waals surface area contributed by atoms with Gasteiger partial charge < -0.3 is 19.7 Å². The van der Waals surface area contributed by atoms with Crippen LogP contribution in [-0.2, 0) is 28.7 Å². The maximum absolute atomic E-state index is 12.2. The Labute approximate surface area is 295 Å². The number of carboxylic acid groups (broad SMARTS) is 2. The quantitative estimate of drug-likeness (QED) is 0.0888. The average molecular weight is 741 g/mol. The van der Waals surface area contributed by atoms with E-state index in [1.807, 2.05) is 84.2 Å². The molecule has 4 unspecified atom stereocenters. The van der Waals surface area contributed by atoms with Gasteiger partial charge in [-0.05, 0) is 24.3 Å². The number of aliphatic carboxylic acids is 2. The van der Waals surface area contributed by atoms with Crippen LogP contribution in [0.15, 0.2) is 94.8 Å². The van der Waals surface area contributed by atoms with Gasteiger partial charge >= 0.3 is 23.9 Å². The number of esters is 2. The third-order valence-electron chi connectivity index (χ3n) is 5.86. The van der Waals surface area contributed by atoms with Crippen molar-refractivity contribution in [1.29, 1.82) is 0 Å². The van der Waals surface area contributed by atoms with E-state index < -0.39 is 23.9 Å². The largest absolute Gasteiger partial charge is 0.478 e.